The van der Waals surface area contributed by atoms with Crippen molar-refractivity contribution in [2.45, 2.75) is 39.2 Å². The molecule has 0 saturated carbocycles. The van der Waals surface area contributed by atoms with Crippen LogP contribution in [-0.2, 0) is 6.42 Å². The standard InChI is InChI=1S/C18H21N5O/c1-12(2)17-22-18(24-23-17)15-4-5-16(20-11-15)21-13(3)10-14-6-8-19-9-7-14/h4-9,11-13H,10H2,1-3H3,(H,20,21)/t13-/m1/s1. The van der Waals surface area contributed by atoms with Crippen LogP contribution in [0.25, 0.3) is 11.5 Å². The molecule has 124 valence electrons. The van der Waals surface area contributed by atoms with Gasteiger partial charge in [0, 0.05) is 30.6 Å². The second kappa shape index (κ2) is 7.21. The van der Waals surface area contributed by atoms with E-state index in [2.05, 4.69) is 32.3 Å². The Labute approximate surface area is 141 Å². The quantitative estimate of drug-likeness (QED) is 0.745. The number of aromatic nitrogens is 4. The molecular weight excluding hydrogens is 302 g/mol. The lowest BCUT2D eigenvalue weighted by Gasteiger charge is -2.14. The first-order chi connectivity index (χ1) is 11.6. The third-order valence-electron chi connectivity index (χ3n) is 3.65. The number of pyridine rings is 2. The van der Waals surface area contributed by atoms with Crippen LogP contribution in [0.5, 0.6) is 0 Å². The van der Waals surface area contributed by atoms with Crippen LogP contribution < -0.4 is 5.32 Å². The maximum Gasteiger partial charge on any atom is 0.259 e. The zero-order valence-electron chi connectivity index (χ0n) is 14.1. The van der Waals surface area contributed by atoms with Gasteiger partial charge in [0.1, 0.15) is 5.82 Å². The highest BCUT2D eigenvalue weighted by atomic mass is 16.5. The van der Waals surface area contributed by atoms with Crippen LogP contribution in [0.3, 0.4) is 0 Å². The first-order valence-electron chi connectivity index (χ1n) is 8.07. The summed E-state index contributed by atoms with van der Waals surface area (Å²) in [5.74, 6) is 2.27. The third kappa shape index (κ3) is 3.95. The van der Waals surface area contributed by atoms with Gasteiger partial charge in [-0.25, -0.2) is 4.98 Å². The fourth-order valence-corrected chi connectivity index (χ4v) is 2.37. The van der Waals surface area contributed by atoms with Gasteiger partial charge in [-0.2, -0.15) is 4.98 Å². The van der Waals surface area contributed by atoms with Gasteiger partial charge >= 0.3 is 0 Å². The summed E-state index contributed by atoms with van der Waals surface area (Å²) >= 11 is 0. The summed E-state index contributed by atoms with van der Waals surface area (Å²) in [5.41, 5.74) is 2.07. The van der Waals surface area contributed by atoms with Gasteiger partial charge in [-0.1, -0.05) is 19.0 Å². The number of hydrogen-bond donors (Lipinski definition) is 1. The Morgan fingerprint density at radius 1 is 1.08 bits per heavy atom. The summed E-state index contributed by atoms with van der Waals surface area (Å²) in [6.45, 7) is 6.19. The molecule has 0 aromatic carbocycles. The first-order valence-corrected chi connectivity index (χ1v) is 8.07. The lowest BCUT2D eigenvalue weighted by atomic mass is 10.1. The molecule has 0 aliphatic rings. The molecule has 0 amide bonds. The van der Waals surface area contributed by atoms with Gasteiger partial charge in [0.2, 0.25) is 0 Å². The van der Waals surface area contributed by atoms with Gasteiger partial charge in [-0.3, -0.25) is 4.98 Å². The molecule has 6 heteroatoms. The molecule has 0 aliphatic heterocycles. The zero-order chi connectivity index (χ0) is 16.9. The highest BCUT2D eigenvalue weighted by Gasteiger charge is 2.12. The van der Waals surface area contributed by atoms with Crippen LogP contribution in [0.15, 0.2) is 47.4 Å². The SMILES string of the molecule is CC(C)c1noc(-c2ccc(N[C@H](C)Cc3ccncc3)nc2)n1. The van der Waals surface area contributed by atoms with E-state index in [1.807, 2.05) is 50.5 Å². The van der Waals surface area contributed by atoms with E-state index in [0.717, 1.165) is 17.8 Å². The van der Waals surface area contributed by atoms with Crippen molar-refractivity contribution in [1.29, 1.82) is 0 Å². The van der Waals surface area contributed by atoms with Crippen LogP contribution in [-0.4, -0.2) is 26.2 Å². The Hall–Kier alpha value is -2.76. The van der Waals surface area contributed by atoms with Crippen molar-refractivity contribution in [3.8, 4) is 11.5 Å². The normalized spacial score (nSPS) is 12.3. The van der Waals surface area contributed by atoms with Gasteiger partial charge in [0.05, 0.1) is 5.56 Å². The summed E-state index contributed by atoms with van der Waals surface area (Å²) in [6, 6.07) is 8.18. The largest absolute Gasteiger partial charge is 0.367 e. The van der Waals surface area contributed by atoms with Gasteiger partial charge in [-0.05, 0) is 43.2 Å². The van der Waals surface area contributed by atoms with Crippen molar-refractivity contribution in [3.63, 3.8) is 0 Å². The van der Waals surface area contributed by atoms with Crippen molar-refractivity contribution in [2.24, 2.45) is 0 Å². The van der Waals surface area contributed by atoms with E-state index in [-0.39, 0.29) is 12.0 Å². The Morgan fingerprint density at radius 3 is 2.50 bits per heavy atom. The van der Waals surface area contributed by atoms with Gasteiger partial charge < -0.3 is 9.84 Å². The van der Waals surface area contributed by atoms with E-state index in [1.54, 1.807) is 6.20 Å². The Bertz CT molecular complexity index is 768. The minimum atomic E-state index is 0.241. The van der Waals surface area contributed by atoms with Crippen molar-refractivity contribution >= 4 is 5.82 Å². The minimum Gasteiger partial charge on any atom is -0.367 e. The highest BCUT2D eigenvalue weighted by Crippen LogP contribution is 2.20. The van der Waals surface area contributed by atoms with E-state index in [0.29, 0.717) is 11.7 Å². The smallest absolute Gasteiger partial charge is 0.259 e. The lowest BCUT2D eigenvalue weighted by Crippen LogP contribution is -2.18. The molecule has 0 saturated heterocycles. The maximum absolute atomic E-state index is 5.28. The van der Waals surface area contributed by atoms with Crippen molar-refractivity contribution in [3.05, 3.63) is 54.2 Å². The van der Waals surface area contributed by atoms with Crippen LogP contribution >= 0.6 is 0 Å². The molecule has 3 aromatic heterocycles. The third-order valence-corrected chi connectivity index (χ3v) is 3.65. The second-order valence-corrected chi connectivity index (χ2v) is 6.15. The Kier molecular flexibility index (Phi) is 4.84. The summed E-state index contributed by atoms with van der Waals surface area (Å²) in [4.78, 5) is 12.9. The Morgan fingerprint density at radius 2 is 1.88 bits per heavy atom. The fraction of sp³-hybridized carbons (Fsp3) is 0.333. The van der Waals surface area contributed by atoms with Gasteiger partial charge in [0.15, 0.2) is 5.82 Å². The van der Waals surface area contributed by atoms with Crippen LogP contribution in [0.4, 0.5) is 5.82 Å². The predicted octanol–water partition coefficient (Wildman–Crippen LogP) is 3.69. The number of nitrogens with zero attached hydrogens (tertiary/aromatic N) is 4. The maximum atomic E-state index is 5.28. The number of hydrogen-bond acceptors (Lipinski definition) is 6. The summed E-state index contributed by atoms with van der Waals surface area (Å²) in [5, 5.41) is 7.37. The number of anilines is 1. The van der Waals surface area contributed by atoms with Gasteiger partial charge in [-0.15, -0.1) is 0 Å². The number of nitrogens with one attached hydrogen (secondary N) is 1. The summed E-state index contributed by atoms with van der Waals surface area (Å²) in [7, 11) is 0. The monoisotopic (exact) mass is 323 g/mol. The molecule has 6 nitrogen and oxygen atoms in total. The molecular formula is C18H21N5O. The van der Waals surface area contributed by atoms with Gasteiger partial charge in [0.25, 0.3) is 5.89 Å². The molecule has 0 fully saturated rings. The summed E-state index contributed by atoms with van der Waals surface area (Å²) in [6.07, 6.45) is 6.28. The summed E-state index contributed by atoms with van der Waals surface area (Å²) < 4.78 is 5.28. The Balaban J connectivity index is 1.63. The zero-order valence-corrected chi connectivity index (χ0v) is 14.1. The second-order valence-electron chi connectivity index (χ2n) is 6.15. The molecule has 0 aliphatic carbocycles. The van der Waals surface area contributed by atoms with Crippen molar-refractivity contribution in [1.82, 2.24) is 20.1 Å². The molecule has 1 N–H and O–H groups in total. The minimum absolute atomic E-state index is 0.241. The molecule has 3 heterocycles. The molecule has 24 heavy (non-hydrogen) atoms. The van der Waals surface area contributed by atoms with Crippen molar-refractivity contribution < 1.29 is 4.52 Å². The lowest BCUT2D eigenvalue weighted by molar-refractivity contribution is 0.419. The molecule has 1 atom stereocenters. The van der Waals surface area contributed by atoms with Crippen LogP contribution in [0.1, 0.15) is 38.1 Å². The molecule has 0 radical (unpaired) electrons. The molecule has 0 spiro atoms. The molecule has 0 bridgehead atoms. The van der Waals surface area contributed by atoms with Crippen LogP contribution in [0.2, 0.25) is 0 Å². The highest BCUT2D eigenvalue weighted by molar-refractivity contribution is 5.54. The average molecular weight is 323 g/mol. The predicted molar refractivity (Wildman–Crippen MR) is 92.6 cm³/mol. The fourth-order valence-electron chi connectivity index (χ4n) is 2.37. The molecule has 0 unspecified atom stereocenters. The topological polar surface area (TPSA) is 76.7 Å². The molecule has 3 rings (SSSR count). The van der Waals surface area contributed by atoms with E-state index in [4.69, 9.17) is 4.52 Å². The van der Waals surface area contributed by atoms with Crippen LogP contribution in [0, 0.1) is 0 Å². The molecule has 3 aromatic rings. The number of rotatable bonds is 6. The van der Waals surface area contributed by atoms with E-state index in [1.165, 1.54) is 5.56 Å². The van der Waals surface area contributed by atoms with E-state index < -0.39 is 0 Å². The average Bonchev–Trinajstić information content (AvgIpc) is 3.07. The van der Waals surface area contributed by atoms with Crippen molar-refractivity contribution in [2.75, 3.05) is 5.32 Å². The van der Waals surface area contributed by atoms with E-state index >= 15 is 0 Å². The first kappa shape index (κ1) is 16.1. The van der Waals surface area contributed by atoms with E-state index in [9.17, 15) is 0 Å².